The molecule has 0 aliphatic carbocycles. The van der Waals surface area contributed by atoms with Gasteiger partial charge in [-0.1, -0.05) is 198 Å². The van der Waals surface area contributed by atoms with Gasteiger partial charge >= 0.3 is 17.9 Å². The van der Waals surface area contributed by atoms with Crippen LogP contribution in [-0.4, -0.2) is 37.2 Å². The van der Waals surface area contributed by atoms with Gasteiger partial charge in [0.15, 0.2) is 6.10 Å². The van der Waals surface area contributed by atoms with Crippen molar-refractivity contribution in [2.75, 3.05) is 13.2 Å². The number of carbonyl (C=O) groups excluding carboxylic acids is 3. The van der Waals surface area contributed by atoms with Crippen LogP contribution in [0.1, 0.15) is 265 Å². The van der Waals surface area contributed by atoms with Crippen molar-refractivity contribution in [2.24, 2.45) is 0 Å². The normalized spacial score (nSPS) is 12.4. The molecule has 0 spiro atoms. The predicted octanol–water partition coefficient (Wildman–Crippen LogP) is 17.1. The minimum Gasteiger partial charge on any atom is -0.462 e. The highest BCUT2D eigenvalue weighted by Gasteiger charge is 2.19. The van der Waals surface area contributed by atoms with Crippen molar-refractivity contribution in [1.29, 1.82) is 0 Å². The molecule has 61 heavy (non-hydrogen) atoms. The minimum absolute atomic E-state index is 0.0845. The monoisotopic (exact) mass is 855 g/mol. The summed E-state index contributed by atoms with van der Waals surface area (Å²) in [5.74, 6) is -0.909. The van der Waals surface area contributed by atoms with E-state index in [2.05, 4.69) is 69.4 Å². The molecule has 0 amide bonds. The Hall–Kier alpha value is -2.63. The van der Waals surface area contributed by atoms with Crippen molar-refractivity contribution in [3.05, 3.63) is 48.6 Å². The number of ether oxygens (including phenoxy) is 3. The maximum atomic E-state index is 12.8. The van der Waals surface area contributed by atoms with Gasteiger partial charge in [0.05, 0.1) is 0 Å². The molecule has 6 nitrogen and oxygen atoms in total. The molecule has 0 saturated heterocycles. The first-order chi connectivity index (χ1) is 30.0. The molecule has 0 heterocycles. The lowest BCUT2D eigenvalue weighted by Gasteiger charge is -2.18. The molecule has 0 bridgehead atoms. The second-order valence-corrected chi connectivity index (χ2v) is 17.4. The van der Waals surface area contributed by atoms with Gasteiger partial charge in [-0.05, 0) is 96.3 Å². The van der Waals surface area contributed by atoms with Gasteiger partial charge in [-0.15, -0.1) is 0 Å². The number of rotatable bonds is 47. The van der Waals surface area contributed by atoms with Crippen LogP contribution in [0.2, 0.25) is 0 Å². The summed E-state index contributed by atoms with van der Waals surface area (Å²) in [6.07, 6.45) is 59.5. The van der Waals surface area contributed by atoms with E-state index in [4.69, 9.17) is 14.2 Å². The second-order valence-electron chi connectivity index (χ2n) is 17.4. The van der Waals surface area contributed by atoms with Crippen LogP contribution in [0.4, 0.5) is 0 Å². The van der Waals surface area contributed by atoms with Gasteiger partial charge in [-0.3, -0.25) is 14.4 Å². The average molecular weight is 855 g/mol. The van der Waals surface area contributed by atoms with E-state index >= 15 is 0 Å². The number of carbonyl (C=O) groups is 3. The Morgan fingerprint density at radius 2 is 0.623 bits per heavy atom. The molecule has 1 unspecified atom stereocenters. The Morgan fingerprint density at radius 1 is 0.328 bits per heavy atom. The Kier molecular flexibility index (Phi) is 47.9. The lowest BCUT2D eigenvalue weighted by molar-refractivity contribution is -0.167. The van der Waals surface area contributed by atoms with Gasteiger partial charge in [0.25, 0.3) is 0 Å². The molecule has 0 aromatic heterocycles. The Balaban J connectivity index is 4.41. The van der Waals surface area contributed by atoms with Crippen LogP contribution in [0, 0.1) is 0 Å². The summed E-state index contributed by atoms with van der Waals surface area (Å²) >= 11 is 0. The quantitative estimate of drug-likeness (QED) is 0.0263. The number of hydrogen-bond acceptors (Lipinski definition) is 6. The predicted molar refractivity (Wildman–Crippen MR) is 261 cm³/mol. The molecule has 354 valence electrons. The largest absolute Gasteiger partial charge is 0.462 e. The van der Waals surface area contributed by atoms with Crippen LogP contribution in [0.15, 0.2) is 48.6 Å². The maximum Gasteiger partial charge on any atom is 0.306 e. The van der Waals surface area contributed by atoms with Crippen molar-refractivity contribution in [2.45, 2.75) is 271 Å². The zero-order valence-electron chi connectivity index (χ0n) is 40.4. The highest BCUT2D eigenvalue weighted by Crippen LogP contribution is 2.14. The van der Waals surface area contributed by atoms with Crippen molar-refractivity contribution in [3.8, 4) is 0 Å². The van der Waals surface area contributed by atoms with Crippen LogP contribution in [0.5, 0.6) is 0 Å². The summed E-state index contributed by atoms with van der Waals surface area (Å²) in [4.78, 5) is 38.0. The van der Waals surface area contributed by atoms with Crippen LogP contribution in [-0.2, 0) is 28.6 Å². The van der Waals surface area contributed by atoms with E-state index in [9.17, 15) is 14.4 Å². The highest BCUT2D eigenvalue weighted by atomic mass is 16.6. The van der Waals surface area contributed by atoms with Gasteiger partial charge in [0.1, 0.15) is 13.2 Å². The van der Waals surface area contributed by atoms with E-state index in [-0.39, 0.29) is 31.1 Å². The summed E-state index contributed by atoms with van der Waals surface area (Å²) in [6, 6.07) is 0. The summed E-state index contributed by atoms with van der Waals surface area (Å²) in [6.45, 7) is 6.55. The SMILES string of the molecule is CCC/C=C\C/C=C\CCCCCCCC(=O)OCC(COC(=O)CCCCCCC/C=C\CCCCCCCC)OC(=O)CCCCCCC/C=C\CCCCCCCC. The van der Waals surface area contributed by atoms with E-state index in [1.54, 1.807) is 0 Å². The fourth-order valence-electron chi connectivity index (χ4n) is 7.29. The fraction of sp³-hybridized carbons (Fsp3) is 0.800. The zero-order chi connectivity index (χ0) is 44.4. The number of esters is 3. The first-order valence-corrected chi connectivity index (χ1v) is 26.1. The molecule has 0 aliphatic rings. The maximum absolute atomic E-state index is 12.8. The third-order valence-corrected chi connectivity index (χ3v) is 11.3. The summed E-state index contributed by atoms with van der Waals surface area (Å²) in [5.41, 5.74) is 0. The fourth-order valence-corrected chi connectivity index (χ4v) is 7.29. The van der Waals surface area contributed by atoms with Gasteiger partial charge in [0, 0.05) is 19.3 Å². The van der Waals surface area contributed by atoms with Crippen LogP contribution in [0.3, 0.4) is 0 Å². The standard InChI is InChI=1S/C55H98O6/c1-4-7-10-13-16-19-22-25-27-30-33-36-39-42-45-48-54(57)60-51-52(50-59-53(56)47-44-41-38-35-32-29-24-21-18-15-12-9-6-3)61-55(58)49-46-43-40-37-34-31-28-26-23-20-17-14-11-8-5-2/h12,15,21,24-28,52H,4-11,13-14,16-20,22-23,29-51H2,1-3H3/b15-12-,24-21-,27-25-,28-26-. The molecule has 0 fully saturated rings. The van der Waals surface area contributed by atoms with E-state index < -0.39 is 6.10 Å². The Morgan fingerprint density at radius 3 is 0.984 bits per heavy atom. The smallest absolute Gasteiger partial charge is 0.306 e. The molecule has 0 N–H and O–H groups in total. The zero-order valence-corrected chi connectivity index (χ0v) is 40.4. The molecule has 0 aliphatic heterocycles. The van der Waals surface area contributed by atoms with E-state index in [0.717, 1.165) is 103 Å². The van der Waals surface area contributed by atoms with E-state index in [1.165, 1.54) is 122 Å². The number of allylic oxidation sites excluding steroid dienone is 8. The van der Waals surface area contributed by atoms with Crippen LogP contribution in [0.25, 0.3) is 0 Å². The highest BCUT2D eigenvalue weighted by molar-refractivity contribution is 5.71. The molecule has 0 aromatic carbocycles. The van der Waals surface area contributed by atoms with Crippen molar-refractivity contribution >= 4 is 17.9 Å². The van der Waals surface area contributed by atoms with Crippen LogP contribution < -0.4 is 0 Å². The average Bonchev–Trinajstić information content (AvgIpc) is 3.26. The summed E-state index contributed by atoms with van der Waals surface area (Å²) in [5, 5.41) is 0. The number of unbranched alkanes of at least 4 members (excludes halogenated alkanes) is 28. The lowest BCUT2D eigenvalue weighted by Crippen LogP contribution is -2.30. The summed E-state index contributed by atoms with van der Waals surface area (Å²) in [7, 11) is 0. The first-order valence-electron chi connectivity index (χ1n) is 26.1. The third-order valence-electron chi connectivity index (χ3n) is 11.3. The second kappa shape index (κ2) is 50.0. The lowest BCUT2D eigenvalue weighted by atomic mass is 10.1. The van der Waals surface area contributed by atoms with Crippen molar-refractivity contribution in [1.82, 2.24) is 0 Å². The molecule has 6 heteroatoms. The molecule has 0 saturated carbocycles. The Bertz CT molecular complexity index is 1070. The molecular weight excluding hydrogens is 757 g/mol. The first kappa shape index (κ1) is 58.4. The van der Waals surface area contributed by atoms with Gasteiger partial charge in [-0.25, -0.2) is 0 Å². The summed E-state index contributed by atoms with van der Waals surface area (Å²) < 4.78 is 16.8. The van der Waals surface area contributed by atoms with Gasteiger partial charge in [0.2, 0.25) is 0 Å². The molecule has 0 radical (unpaired) electrons. The topological polar surface area (TPSA) is 78.9 Å². The molecular formula is C55H98O6. The molecule has 0 aromatic rings. The number of hydrogen-bond donors (Lipinski definition) is 0. The van der Waals surface area contributed by atoms with Crippen molar-refractivity contribution in [3.63, 3.8) is 0 Å². The molecule has 1 atom stereocenters. The van der Waals surface area contributed by atoms with Crippen LogP contribution >= 0.6 is 0 Å². The van der Waals surface area contributed by atoms with Crippen molar-refractivity contribution < 1.29 is 28.6 Å². The molecule has 0 rings (SSSR count). The van der Waals surface area contributed by atoms with Gasteiger partial charge < -0.3 is 14.2 Å². The van der Waals surface area contributed by atoms with Gasteiger partial charge in [-0.2, -0.15) is 0 Å². The Labute approximate surface area is 378 Å². The van der Waals surface area contributed by atoms with E-state index in [0.29, 0.717) is 19.3 Å². The van der Waals surface area contributed by atoms with E-state index in [1.807, 2.05) is 0 Å². The minimum atomic E-state index is -0.784. The third kappa shape index (κ3) is 48.3.